The summed E-state index contributed by atoms with van der Waals surface area (Å²) in [4.78, 5) is 0. The maximum Gasteiger partial charge on any atom is 0.124 e. The van der Waals surface area contributed by atoms with Crippen molar-refractivity contribution in [2.45, 2.75) is 51.4 Å². The Labute approximate surface area is 103 Å². The summed E-state index contributed by atoms with van der Waals surface area (Å²) in [6.45, 7) is 3.98. The molecule has 3 heteroatoms. The van der Waals surface area contributed by atoms with Gasteiger partial charge in [-0.05, 0) is 50.3 Å². The maximum atomic E-state index is 9.74. The summed E-state index contributed by atoms with van der Waals surface area (Å²) in [6.07, 6.45) is 2.47. The molecule has 2 unspecified atom stereocenters. The van der Waals surface area contributed by atoms with Crippen molar-refractivity contribution in [1.82, 2.24) is 0 Å². The van der Waals surface area contributed by atoms with Crippen LogP contribution in [0.3, 0.4) is 0 Å². The molecule has 0 aliphatic heterocycles. The fraction of sp³-hybridized carbons (Fsp3) is 0.571. The minimum Gasteiger partial charge on any atom is -0.487 e. The van der Waals surface area contributed by atoms with Crippen molar-refractivity contribution in [3.8, 4) is 5.75 Å². The third kappa shape index (κ3) is 2.79. The van der Waals surface area contributed by atoms with Gasteiger partial charge in [-0.2, -0.15) is 0 Å². The van der Waals surface area contributed by atoms with Gasteiger partial charge in [-0.3, -0.25) is 0 Å². The minimum atomic E-state index is -0.317. The van der Waals surface area contributed by atoms with Crippen molar-refractivity contribution in [2.75, 3.05) is 0 Å². The van der Waals surface area contributed by atoms with Gasteiger partial charge in [-0.15, -0.1) is 0 Å². The highest BCUT2D eigenvalue weighted by Gasteiger charge is 2.27. The van der Waals surface area contributed by atoms with Crippen molar-refractivity contribution in [2.24, 2.45) is 5.73 Å². The van der Waals surface area contributed by atoms with Gasteiger partial charge in [0.25, 0.3) is 0 Å². The van der Waals surface area contributed by atoms with E-state index in [4.69, 9.17) is 10.5 Å². The Hall–Kier alpha value is -1.06. The van der Waals surface area contributed by atoms with Crippen LogP contribution in [0.4, 0.5) is 0 Å². The Bertz CT molecular complexity index is 390. The van der Waals surface area contributed by atoms with Crippen molar-refractivity contribution in [1.29, 1.82) is 0 Å². The normalized spacial score (nSPS) is 25.9. The van der Waals surface area contributed by atoms with Crippen LogP contribution in [0.15, 0.2) is 18.2 Å². The standard InChI is InChI=1S/C14H21NO2/c1-9-8-11(10(2)15)6-7-13(9)17-14-5-3-4-12(14)16/h6-8,10,12,14,16H,3-5,15H2,1-2H3/t10-,12?,14?/m0/s1. The highest BCUT2D eigenvalue weighted by molar-refractivity contribution is 5.37. The van der Waals surface area contributed by atoms with Crippen LogP contribution in [-0.4, -0.2) is 17.3 Å². The van der Waals surface area contributed by atoms with Gasteiger partial charge in [-0.1, -0.05) is 12.1 Å². The lowest BCUT2D eigenvalue weighted by Gasteiger charge is -2.19. The molecule has 0 bridgehead atoms. The molecular formula is C14H21NO2. The van der Waals surface area contributed by atoms with E-state index in [2.05, 4.69) is 6.07 Å². The Morgan fingerprint density at radius 2 is 2.18 bits per heavy atom. The molecule has 1 fully saturated rings. The van der Waals surface area contributed by atoms with E-state index in [-0.39, 0.29) is 18.2 Å². The molecule has 3 N–H and O–H groups in total. The van der Waals surface area contributed by atoms with E-state index in [0.717, 1.165) is 36.1 Å². The Kier molecular flexibility index (Phi) is 3.69. The molecule has 0 radical (unpaired) electrons. The lowest BCUT2D eigenvalue weighted by Crippen LogP contribution is -2.25. The molecule has 1 saturated carbocycles. The number of hydrogen-bond donors (Lipinski definition) is 2. The largest absolute Gasteiger partial charge is 0.487 e. The maximum absolute atomic E-state index is 9.74. The van der Waals surface area contributed by atoms with Gasteiger partial charge in [0.05, 0.1) is 6.10 Å². The van der Waals surface area contributed by atoms with Gasteiger partial charge in [0.1, 0.15) is 11.9 Å². The molecule has 0 saturated heterocycles. The fourth-order valence-electron chi connectivity index (χ4n) is 2.30. The second-order valence-corrected chi connectivity index (χ2v) is 4.97. The quantitative estimate of drug-likeness (QED) is 0.845. The molecule has 3 atom stereocenters. The number of benzene rings is 1. The average molecular weight is 235 g/mol. The monoisotopic (exact) mass is 235 g/mol. The highest BCUT2D eigenvalue weighted by Crippen LogP contribution is 2.28. The molecule has 2 rings (SSSR count). The van der Waals surface area contributed by atoms with Crippen molar-refractivity contribution < 1.29 is 9.84 Å². The van der Waals surface area contributed by atoms with Crippen molar-refractivity contribution >= 4 is 0 Å². The van der Waals surface area contributed by atoms with E-state index in [1.54, 1.807) is 0 Å². The van der Waals surface area contributed by atoms with Gasteiger partial charge in [0.15, 0.2) is 0 Å². The van der Waals surface area contributed by atoms with E-state index < -0.39 is 0 Å². The van der Waals surface area contributed by atoms with Crippen LogP contribution < -0.4 is 10.5 Å². The lowest BCUT2D eigenvalue weighted by molar-refractivity contribution is 0.0599. The summed E-state index contributed by atoms with van der Waals surface area (Å²) < 4.78 is 5.86. The zero-order valence-corrected chi connectivity index (χ0v) is 10.5. The molecule has 1 aromatic carbocycles. The molecule has 94 valence electrons. The molecule has 17 heavy (non-hydrogen) atoms. The molecular weight excluding hydrogens is 214 g/mol. The van der Waals surface area contributed by atoms with Gasteiger partial charge in [0.2, 0.25) is 0 Å². The highest BCUT2D eigenvalue weighted by atomic mass is 16.5. The Morgan fingerprint density at radius 3 is 2.71 bits per heavy atom. The number of aliphatic hydroxyl groups excluding tert-OH is 1. The van der Waals surface area contributed by atoms with Crippen LogP contribution in [0.25, 0.3) is 0 Å². The average Bonchev–Trinajstić information content (AvgIpc) is 2.67. The van der Waals surface area contributed by atoms with E-state index in [1.165, 1.54) is 0 Å². The summed E-state index contributed by atoms with van der Waals surface area (Å²) in [5.41, 5.74) is 8.03. The topological polar surface area (TPSA) is 55.5 Å². The number of ether oxygens (including phenoxy) is 1. The van der Waals surface area contributed by atoms with E-state index in [1.807, 2.05) is 26.0 Å². The van der Waals surface area contributed by atoms with E-state index >= 15 is 0 Å². The molecule has 1 aliphatic carbocycles. The second kappa shape index (κ2) is 5.07. The van der Waals surface area contributed by atoms with Crippen LogP contribution in [0.1, 0.15) is 43.4 Å². The van der Waals surface area contributed by atoms with Crippen molar-refractivity contribution in [3.63, 3.8) is 0 Å². The molecule has 0 spiro atoms. The molecule has 0 amide bonds. The molecule has 3 nitrogen and oxygen atoms in total. The third-order valence-corrected chi connectivity index (χ3v) is 3.42. The molecule has 0 heterocycles. The first kappa shape index (κ1) is 12.4. The summed E-state index contributed by atoms with van der Waals surface area (Å²) >= 11 is 0. The zero-order chi connectivity index (χ0) is 12.4. The summed E-state index contributed by atoms with van der Waals surface area (Å²) in [6, 6.07) is 6.05. The number of aliphatic hydroxyl groups is 1. The summed E-state index contributed by atoms with van der Waals surface area (Å²) in [5.74, 6) is 0.861. The SMILES string of the molecule is Cc1cc([C@H](C)N)ccc1OC1CCCC1O. The second-order valence-electron chi connectivity index (χ2n) is 4.97. The Morgan fingerprint density at radius 1 is 1.41 bits per heavy atom. The van der Waals surface area contributed by atoms with Crippen molar-refractivity contribution in [3.05, 3.63) is 29.3 Å². The fourth-order valence-corrected chi connectivity index (χ4v) is 2.30. The van der Waals surface area contributed by atoms with Gasteiger partial charge < -0.3 is 15.6 Å². The summed E-state index contributed by atoms with van der Waals surface area (Å²) in [7, 11) is 0. The number of hydrogen-bond acceptors (Lipinski definition) is 3. The van der Waals surface area contributed by atoms with Crippen LogP contribution >= 0.6 is 0 Å². The third-order valence-electron chi connectivity index (χ3n) is 3.42. The lowest BCUT2D eigenvalue weighted by atomic mass is 10.1. The number of rotatable bonds is 3. The van der Waals surface area contributed by atoms with Crippen LogP contribution in [0, 0.1) is 6.92 Å². The van der Waals surface area contributed by atoms with Crippen LogP contribution in [-0.2, 0) is 0 Å². The number of nitrogens with two attached hydrogens (primary N) is 1. The summed E-state index contributed by atoms with van der Waals surface area (Å²) in [5, 5.41) is 9.74. The van der Waals surface area contributed by atoms with Crippen LogP contribution in [0.5, 0.6) is 5.75 Å². The first-order valence-electron chi connectivity index (χ1n) is 6.29. The predicted molar refractivity (Wildman–Crippen MR) is 68.1 cm³/mol. The first-order chi connectivity index (χ1) is 8.08. The van der Waals surface area contributed by atoms with E-state index in [9.17, 15) is 5.11 Å². The minimum absolute atomic E-state index is 0.0415. The van der Waals surface area contributed by atoms with E-state index in [0.29, 0.717) is 0 Å². The van der Waals surface area contributed by atoms with Gasteiger partial charge in [0, 0.05) is 6.04 Å². The van der Waals surface area contributed by atoms with Gasteiger partial charge >= 0.3 is 0 Å². The zero-order valence-electron chi connectivity index (χ0n) is 10.5. The molecule has 0 aromatic heterocycles. The first-order valence-corrected chi connectivity index (χ1v) is 6.29. The Balaban J connectivity index is 2.11. The molecule has 1 aliphatic rings. The van der Waals surface area contributed by atoms with Crippen LogP contribution in [0.2, 0.25) is 0 Å². The predicted octanol–water partition coefficient (Wildman–Crippen LogP) is 2.31. The van der Waals surface area contributed by atoms with Gasteiger partial charge in [-0.25, -0.2) is 0 Å². The number of aryl methyl sites for hydroxylation is 1. The smallest absolute Gasteiger partial charge is 0.124 e. The molecule has 1 aromatic rings.